The van der Waals surface area contributed by atoms with Gasteiger partial charge in [0.05, 0.1) is 13.7 Å². The summed E-state index contributed by atoms with van der Waals surface area (Å²) in [6, 6.07) is 24.9. The van der Waals surface area contributed by atoms with E-state index in [1.165, 1.54) is 24.8 Å². The monoisotopic (exact) mass is 517 g/mol. The van der Waals surface area contributed by atoms with Crippen molar-refractivity contribution in [1.82, 2.24) is 4.90 Å². The van der Waals surface area contributed by atoms with Crippen molar-refractivity contribution in [3.8, 4) is 5.75 Å². The van der Waals surface area contributed by atoms with Gasteiger partial charge in [-0.15, -0.1) is 0 Å². The van der Waals surface area contributed by atoms with Crippen molar-refractivity contribution in [2.45, 2.75) is 45.1 Å². The van der Waals surface area contributed by atoms with Crippen LogP contribution in [0.5, 0.6) is 5.75 Å². The summed E-state index contributed by atoms with van der Waals surface area (Å²) in [6.45, 7) is 3.26. The maximum atomic E-state index is 13.1. The number of unbranched alkanes of at least 4 members (excludes halogenated alkanes) is 3. The molecule has 3 rings (SSSR count). The highest BCUT2D eigenvalue weighted by Gasteiger charge is 2.18. The van der Waals surface area contributed by atoms with Crippen molar-refractivity contribution in [2.24, 2.45) is 0 Å². The smallest absolute Gasteiger partial charge is 0.341 e. The first-order valence-electron chi connectivity index (χ1n) is 13.4. The summed E-state index contributed by atoms with van der Waals surface area (Å²) in [7, 11) is 1.25. The van der Waals surface area contributed by atoms with Gasteiger partial charge in [-0.2, -0.15) is 0 Å². The number of esters is 1. The van der Waals surface area contributed by atoms with Crippen LogP contribution in [0.25, 0.3) is 0 Å². The number of benzene rings is 3. The maximum Gasteiger partial charge on any atom is 0.341 e. The van der Waals surface area contributed by atoms with Crippen molar-refractivity contribution >= 4 is 11.8 Å². The molecule has 0 fully saturated rings. The van der Waals surface area contributed by atoms with E-state index in [2.05, 4.69) is 41.3 Å². The molecule has 0 saturated carbocycles. The first-order chi connectivity index (χ1) is 18.6. The van der Waals surface area contributed by atoms with Gasteiger partial charge >= 0.3 is 5.97 Å². The van der Waals surface area contributed by atoms with E-state index in [1.807, 2.05) is 24.3 Å². The Kier molecular flexibility index (Phi) is 12.5. The van der Waals surface area contributed by atoms with E-state index >= 15 is 0 Å². The van der Waals surface area contributed by atoms with Gasteiger partial charge in [-0.1, -0.05) is 73.5 Å². The first kappa shape index (κ1) is 29.1. The number of ether oxygens (including phenoxy) is 2. The Labute approximate surface area is 226 Å². The highest BCUT2D eigenvalue weighted by atomic mass is 16.5. The number of carbonyl (C=O) groups excluding carboxylic acids is 2. The van der Waals surface area contributed by atoms with Crippen LogP contribution >= 0.6 is 0 Å². The van der Waals surface area contributed by atoms with Crippen LogP contribution in [-0.2, 0) is 22.4 Å². The third-order valence-electron chi connectivity index (χ3n) is 6.45. The van der Waals surface area contributed by atoms with Gasteiger partial charge in [-0.3, -0.25) is 9.69 Å². The van der Waals surface area contributed by atoms with Crippen molar-refractivity contribution in [3.05, 3.63) is 101 Å². The SMILES string of the molecule is COC(=O)c1cc(C(=O)CN(CCCCCCOCCCc2ccccc2)Cc2ccccc2)ccc1O. The minimum Gasteiger partial charge on any atom is -0.507 e. The molecule has 0 aliphatic heterocycles. The van der Waals surface area contributed by atoms with Crippen molar-refractivity contribution in [2.75, 3.05) is 33.4 Å². The highest BCUT2D eigenvalue weighted by molar-refractivity contribution is 6.01. The zero-order valence-corrected chi connectivity index (χ0v) is 22.3. The zero-order chi connectivity index (χ0) is 27.0. The topological polar surface area (TPSA) is 76.1 Å². The normalized spacial score (nSPS) is 11.0. The second-order valence-corrected chi connectivity index (χ2v) is 9.46. The van der Waals surface area contributed by atoms with Crippen LogP contribution in [-0.4, -0.2) is 55.2 Å². The third-order valence-corrected chi connectivity index (χ3v) is 6.45. The standard InChI is InChI=1S/C32H39NO5/c1-37-32(36)29-23-28(18-19-30(29)34)31(35)25-33(24-27-15-8-5-9-16-27)20-10-2-3-11-21-38-22-12-17-26-13-6-4-7-14-26/h4-9,13-16,18-19,23,34H,2-3,10-12,17,20-22,24-25H2,1H3. The molecule has 38 heavy (non-hydrogen) atoms. The maximum absolute atomic E-state index is 13.1. The largest absolute Gasteiger partial charge is 0.507 e. The van der Waals surface area contributed by atoms with E-state index in [9.17, 15) is 14.7 Å². The van der Waals surface area contributed by atoms with Crippen molar-refractivity contribution < 1.29 is 24.2 Å². The number of nitrogens with zero attached hydrogens (tertiary/aromatic N) is 1. The molecule has 0 aromatic heterocycles. The Balaban J connectivity index is 1.41. The van der Waals surface area contributed by atoms with Gasteiger partial charge in [0.25, 0.3) is 0 Å². The molecule has 0 aliphatic rings. The fourth-order valence-corrected chi connectivity index (χ4v) is 4.35. The Morgan fingerprint density at radius 3 is 2.16 bits per heavy atom. The predicted molar refractivity (Wildman–Crippen MR) is 150 cm³/mol. The number of carbonyl (C=O) groups is 2. The lowest BCUT2D eigenvalue weighted by Crippen LogP contribution is -2.30. The van der Waals surface area contributed by atoms with Crippen molar-refractivity contribution in [3.63, 3.8) is 0 Å². The third kappa shape index (κ3) is 10.1. The molecule has 202 valence electrons. The lowest BCUT2D eigenvalue weighted by Gasteiger charge is -2.22. The van der Waals surface area contributed by atoms with Crippen LogP contribution in [0.15, 0.2) is 78.9 Å². The molecular formula is C32H39NO5. The quantitative estimate of drug-likeness (QED) is 0.133. The minimum atomic E-state index is -0.668. The Morgan fingerprint density at radius 1 is 0.789 bits per heavy atom. The fraction of sp³-hybridized carbons (Fsp3) is 0.375. The Bertz CT molecular complexity index is 1120. The van der Waals surface area contributed by atoms with Gasteiger partial charge in [-0.25, -0.2) is 4.79 Å². The van der Waals surface area contributed by atoms with Gasteiger partial charge in [0.2, 0.25) is 0 Å². The summed E-state index contributed by atoms with van der Waals surface area (Å²) in [4.78, 5) is 27.1. The van der Waals surface area contributed by atoms with Crippen molar-refractivity contribution in [1.29, 1.82) is 0 Å². The predicted octanol–water partition coefficient (Wildman–Crippen LogP) is 6.07. The number of aryl methyl sites for hydroxylation is 1. The summed E-state index contributed by atoms with van der Waals surface area (Å²) in [5, 5.41) is 9.96. The van der Waals surface area contributed by atoms with E-state index < -0.39 is 5.97 Å². The molecule has 6 heteroatoms. The molecule has 0 radical (unpaired) electrons. The second-order valence-electron chi connectivity index (χ2n) is 9.46. The van der Waals surface area contributed by atoms with E-state index in [0.29, 0.717) is 12.1 Å². The number of ketones is 1. The fourth-order valence-electron chi connectivity index (χ4n) is 4.35. The first-order valence-corrected chi connectivity index (χ1v) is 13.4. The highest BCUT2D eigenvalue weighted by Crippen LogP contribution is 2.20. The zero-order valence-electron chi connectivity index (χ0n) is 22.3. The molecule has 0 aliphatic carbocycles. The molecule has 0 saturated heterocycles. The number of rotatable bonds is 17. The van der Waals surface area contributed by atoms with Crippen LogP contribution < -0.4 is 0 Å². The van der Waals surface area contributed by atoms with Gasteiger partial charge < -0.3 is 14.6 Å². The number of methoxy groups -OCH3 is 1. The molecule has 0 heterocycles. The van der Waals surface area contributed by atoms with Crippen LogP contribution in [0.3, 0.4) is 0 Å². The molecule has 0 atom stereocenters. The number of phenols is 1. The number of aromatic hydroxyl groups is 1. The van der Waals surface area contributed by atoms with Gasteiger partial charge in [0, 0.05) is 25.3 Å². The minimum absolute atomic E-state index is 0.00440. The van der Waals surface area contributed by atoms with Crippen LogP contribution in [0.1, 0.15) is 63.9 Å². The average Bonchev–Trinajstić information content (AvgIpc) is 2.94. The van der Waals surface area contributed by atoms with Gasteiger partial charge in [0.1, 0.15) is 11.3 Å². The van der Waals surface area contributed by atoms with Crippen LogP contribution in [0.4, 0.5) is 0 Å². The van der Waals surface area contributed by atoms with Gasteiger partial charge in [0.15, 0.2) is 5.78 Å². The molecule has 3 aromatic rings. The van der Waals surface area contributed by atoms with E-state index in [-0.39, 0.29) is 23.6 Å². The summed E-state index contributed by atoms with van der Waals surface area (Å²) >= 11 is 0. The Morgan fingerprint density at radius 2 is 1.45 bits per heavy atom. The number of phenolic OH excluding ortho intramolecular Hbond substituents is 1. The summed E-state index contributed by atoms with van der Waals surface area (Å²) in [6.07, 6.45) is 6.26. The van der Waals surface area contributed by atoms with Crippen LogP contribution in [0.2, 0.25) is 0 Å². The molecule has 3 aromatic carbocycles. The molecule has 0 amide bonds. The summed E-state index contributed by atoms with van der Waals surface area (Å²) in [5.74, 6) is -0.969. The molecule has 1 N–H and O–H groups in total. The number of hydrogen-bond acceptors (Lipinski definition) is 6. The summed E-state index contributed by atoms with van der Waals surface area (Å²) < 4.78 is 10.5. The second kappa shape index (κ2) is 16.4. The van der Waals surface area contributed by atoms with E-state index in [4.69, 9.17) is 9.47 Å². The number of hydrogen-bond donors (Lipinski definition) is 1. The van der Waals surface area contributed by atoms with Crippen LogP contribution in [0, 0.1) is 0 Å². The molecule has 0 unspecified atom stereocenters. The lowest BCUT2D eigenvalue weighted by atomic mass is 10.1. The molecule has 6 nitrogen and oxygen atoms in total. The Hall–Kier alpha value is -3.48. The van der Waals surface area contributed by atoms with E-state index in [1.54, 1.807) is 6.07 Å². The molecule has 0 bridgehead atoms. The molecular weight excluding hydrogens is 478 g/mol. The van der Waals surface area contributed by atoms with Gasteiger partial charge in [-0.05, 0) is 61.6 Å². The summed E-state index contributed by atoms with van der Waals surface area (Å²) in [5.41, 5.74) is 2.87. The number of Topliss-reactive ketones (excluding diaryl/α,β-unsaturated/α-hetero) is 1. The molecule has 0 spiro atoms. The average molecular weight is 518 g/mol. The van der Waals surface area contributed by atoms with E-state index in [0.717, 1.165) is 63.8 Å². The lowest BCUT2D eigenvalue weighted by molar-refractivity contribution is 0.0597.